The molecule has 0 aliphatic carbocycles. The molecule has 2 N–H and O–H groups in total. The summed E-state index contributed by atoms with van der Waals surface area (Å²) < 4.78 is 39.8. The van der Waals surface area contributed by atoms with Gasteiger partial charge in [0.2, 0.25) is 0 Å². The summed E-state index contributed by atoms with van der Waals surface area (Å²) in [4.78, 5) is 4.26. The van der Waals surface area contributed by atoms with Gasteiger partial charge in [-0.25, -0.2) is 9.67 Å². The molecule has 2 rings (SSSR count). The summed E-state index contributed by atoms with van der Waals surface area (Å²) >= 11 is 0. The van der Waals surface area contributed by atoms with Gasteiger partial charge in [0.25, 0.3) is 0 Å². The van der Waals surface area contributed by atoms with Crippen LogP contribution in [0.4, 0.5) is 18.9 Å². The molecular formula is C13H15F3N4. The first kappa shape index (κ1) is 14.4. The number of alkyl halides is 3. The molecule has 0 fully saturated rings. The number of hydrogen-bond acceptors (Lipinski definition) is 3. The summed E-state index contributed by atoms with van der Waals surface area (Å²) in [6, 6.07) is 3.41. The van der Waals surface area contributed by atoms with Crippen LogP contribution in [0.5, 0.6) is 0 Å². The van der Waals surface area contributed by atoms with Gasteiger partial charge >= 0.3 is 6.18 Å². The van der Waals surface area contributed by atoms with Crippen molar-refractivity contribution in [3.8, 4) is 11.4 Å². The van der Waals surface area contributed by atoms with Gasteiger partial charge in [-0.15, -0.1) is 0 Å². The molecule has 0 radical (unpaired) electrons. The van der Waals surface area contributed by atoms with Crippen molar-refractivity contribution < 1.29 is 13.2 Å². The maximum atomic E-state index is 12.8. The molecule has 0 aliphatic rings. The average Bonchev–Trinajstić information content (AvgIpc) is 2.69. The number of halogens is 3. The molecule has 1 aromatic heterocycles. The van der Waals surface area contributed by atoms with Crippen LogP contribution in [0.3, 0.4) is 0 Å². The Hall–Kier alpha value is -2.05. The van der Waals surface area contributed by atoms with Gasteiger partial charge < -0.3 is 5.73 Å². The number of hydrogen-bond donors (Lipinski definition) is 1. The molecule has 0 saturated heterocycles. The van der Waals surface area contributed by atoms with E-state index < -0.39 is 11.7 Å². The summed E-state index contributed by atoms with van der Waals surface area (Å²) in [6.45, 7) is 1.98. The number of anilines is 1. The molecule has 0 atom stereocenters. The smallest absolute Gasteiger partial charge is 0.399 e. The zero-order valence-electron chi connectivity index (χ0n) is 11.2. The van der Waals surface area contributed by atoms with Gasteiger partial charge in [0.05, 0.1) is 5.56 Å². The molecule has 4 nitrogen and oxygen atoms in total. The second-order valence-electron chi connectivity index (χ2n) is 4.57. The third-order valence-electron chi connectivity index (χ3n) is 2.82. The normalized spacial score (nSPS) is 11.8. The number of nitrogen functional groups attached to an aromatic ring is 1. The maximum absolute atomic E-state index is 12.8. The van der Waals surface area contributed by atoms with Gasteiger partial charge in [-0.3, -0.25) is 0 Å². The van der Waals surface area contributed by atoms with Crippen molar-refractivity contribution in [2.45, 2.75) is 25.9 Å². The summed E-state index contributed by atoms with van der Waals surface area (Å²) in [5, 5.41) is 4.18. The number of benzene rings is 1. The van der Waals surface area contributed by atoms with Crippen molar-refractivity contribution in [3.05, 3.63) is 29.6 Å². The Balaban J connectivity index is 2.50. The molecule has 108 valence electrons. The lowest BCUT2D eigenvalue weighted by atomic mass is 10.1. The molecule has 0 aliphatic heterocycles. The van der Waals surface area contributed by atoms with Crippen LogP contribution in [-0.2, 0) is 19.6 Å². The monoisotopic (exact) mass is 284 g/mol. The molecule has 0 saturated carbocycles. The Morgan fingerprint density at radius 1 is 1.25 bits per heavy atom. The molecule has 2 aromatic rings. The standard InChI is InChI=1S/C13H15F3N4/c1-3-4-11-18-12(20(2)19-11)8-5-9(13(14,15)16)7-10(17)6-8/h5-7H,3-4,17H2,1-2H3. The SMILES string of the molecule is CCCc1nc(-c2cc(N)cc(C(F)(F)F)c2)n(C)n1. The molecule has 0 amide bonds. The summed E-state index contributed by atoms with van der Waals surface area (Å²) in [6.07, 6.45) is -2.88. The molecule has 1 aromatic carbocycles. The number of nitrogens with zero attached hydrogens (tertiary/aromatic N) is 3. The minimum atomic E-state index is -4.44. The number of aromatic nitrogens is 3. The largest absolute Gasteiger partial charge is 0.416 e. The fourth-order valence-corrected chi connectivity index (χ4v) is 1.96. The Morgan fingerprint density at radius 2 is 1.95 bits per heavy atom. The average molecular weight is 284 g/mol. The van der Waals surface area contributed by atoms with Gasteiger partial charge in [0, 0.05) is 24.7 Å². The van der Waals surface area contributed by atoms with Crippen molar-refractivity contribution in [3.63, 3.8) is 0 Å². The lowest BCUT2D eigenvalue weighted by molar-refractivity contribution is -0.137. The van der Waals surface area contributed by atoms with Gasteiger partial charge in [-0.05, 0) is 24.6 Å². The van der Waals surface area contributed by atoms with Crippen molar-refractivity contribution in [2.75, 3.05) is 5.73 Å². The third kappa shape index (κ3) is 2.92. The van der Waals surface area contributed by atoms with Crippen molar-refractivity contribution in [1.29, 1.82) is 0 Å². The minimum absolute atomic E-state index is 0.0508. The predicted octanol–water partition coefficient (Wildman–Crippen LogP) is 3.04. The first-order valence-electron chi connectivity index (χ1n) is 6.19. The predicted molar refractivity (Wildman–Crippen MR) is 69.8 cm³/mol. The molecular weight excluding hydrogens is 269 g/mol. The zero-order valence-corrected chi connectivity index (χ0v) is 11.2. The molecule has 0 unspecified atom stereocenters. The lowest BCUT2D eigenvalue weighted by Gasteiger charge is -2.10. The fourth-order valence-electron chi connectivity index (χ4n) is 1.96. The van der Waals surface area contributed by atoms with Crippen LogP contribution in [0.15, 0.2) is 18.2 Å². The van der Waals surface area contributed by atoms with E-state index in [4.69, 9.17) is 5.73 Å². The van der Waals surface area contributed by atoms with Crippen LogP contribution in [0, 0.1) is 0 Å². The molecule has 7 heteroatoms. The van der Waals surface area contributed by atoms with E-state index >= 15 is 0 Å². The second-order valence-corrected chi connectivity index (χ2v) is 4.57. The Labute approximate surface area is 114 Å². The van der Waals surface area contributed by atoms with E-state index in [2.05, 4.69) is 10.1 Å². The topological polar surface area (TPSA) is 56.7 Å². The lowest BCUT2D eigenvalue weighted by Crippen LogP contribution is -2.06. The summed E-state index contributed by atoms with van der Waals surface area (Å²) in [5.41, 5.74) is 5.13. The van der Waals surface area contributed by atoms with E-state index in [1.165, 1.54) is 10.7 Å². The van der Waals surface area contributed by atoms with Crippen LogP contribution in [0.1, 0.15) is 24.7 Å². The van der Waals surface area contributed by atoms with Crippen molar-refractivity contribution in [2.24, 2.45) is 7.05 Å². The number of nitrogens with two attached hydrogens (primary N) is 1. The van der Waals surface area contributed by atoms with E-state index in [1.807, 2.05) is 6.92 Å². The molecule has 0 spiro atoms. The highest BCUT2D eigenvalue weighted by molar-refractivity contribution is 5.63. The highest BCUT2D eigenvalue weighted by Gasteiger charge is 2.31. The van der Waals surface area contributed by atoms with Crippen molar-refractivity contribution >= 4 is 5.69 Å². The van der Waals surface area contributed by atoms with Gasteiger partial charge in [-0.1, -0.05) is 6.92 Å². The highest BCUT2D eigenvalue weighted by Crippen LogP contribution is 2.33. The molecule has 1 heterocycles. The minimum Gasteiger partial charge on any atom is -0.399 e. The van der Waals surface area contributed by atoms with Crippen LogP contribution in [0.25, 0.3) is 11.4 Å². The maximum Gasteiger partial charge on any atom is 0.416 e. The van der Waals surface area contributed by atoms with Crippen LogP contribution < -0.4 is 5.73 Å². The Morgan fingerprint density at radius 3 is 2.55 bits per heavy atom. The van der Waals surface area contributed by atoms with Gasteiger partial charge in [0.15, 0.2) is 11.6 Å². The van der Waals surface area contributed by atoms with E-state index in [0.29, 0.717) is 23.6 Å². The third-order valence-corrected chi connectivity index (χ3v) is 2.82. The van der Waals surface area contributed by atoms with Crippen LogP contribution >= 0.6 is 0 Å². The van der Waals surface area contributed by atoms with Crippen LogP contribution in [-0.4, -0.2) is 14.8 Å². The first-order valence-corrected chi connectivity index (χ1v) is 6.19. The van der Waals surface area contributed by atoms with E-state index in [-0.39, 0.29) is 5.69 Å². The molecule has 20 heavy (non-hydrogen) atoms. The zero-order chi connectivity index (χ0) is 14.9. The highest BCUT2D eigenvalue weighted by atomic mass is 19.4. The van der Waals surface area contributed by atoms with Gasteiger partial charge in [0.1, 0.15) is 0 Å². The van der Waals surface area contributed by atoms with E-state index in [9.17, 15) is 13.2 Å². The number of rotatable bonds is 3. The fraction of sp³-hybridized carbons (Fsp3) is 0.385. The van der Waals surface area contributed by atoms with E-state index in [0.717, 1.165) is 18.6 Å². The van der Waals surface area contributed by atoms with Gasteiger partial charge in [-0.2, -0.15) is 18.3 Å². The van der Waals surface area contributed by atoms with Crippen molar-refractivity contribution in [1.82, 2.24) is 14.8 Å². The Kier molecular flexibility index (Phi) is 3.69. The Bertz CT molecular complexity index is 617. The van der Waals surface area contributed by atoms with E-state index in [1.54, 1.807) is 7.05 Å². The first-order chi connectivity index (χ1) is 9.31. The summed E-state index contributed by atoms with van der Waals surface area (Å²) in [5.74, 6) is 0.993. The number of aryl methyl sites for hydroxylation is 2. The second kappa shape index (κ2) is 5.15. The van der Waals surface area contributed by atoms with Crippen LogP contribution in [0.2, 0.25) is 0 Å². The summed E-state index contributed by atoms with van der Waals surface area (Å²) in [7, 11) is 1.65. The molecule has 0 bridgehead atoms. The quantitative estimate of drug-likeness (QED) is 0.881.